The van der Waals surface area contributed by atoms with E-state index in [0.717, 1.165) is 11.1 Å². The minimum atomic E-state index is -5.20. The van der Waals surface area contributed by atoms with Crippen LogP contribution in [0.2, 0.25) is 5.02 Å². The van der Waals surface area contributed by atoms with Gasteiger partial charge in [0.25, 0.3) is 0 Å². The first-order valence-corrected chi connectivity index (χ1v) is 16.2. The molecule has 1 aliphatic heterocycles. The van der Waals surface area contributed by atoms with Crippen LogP contribution < -0.4 is 4.90 Å². The maximum atomic E-state index is 13.9. The number of hydrogen-bond donors (Lipinski definition) is 3. The smallest absolute Gasteiger partial charge is 0.416 e. The Hall–Kier alpha value is -4.13. The summed E-state index contributed by atoms with van der Waals surface area (Å²) in [5.74, 6) is -5.97. The highest BCUT2D eigenvalue weighted by Gasteiger charge is 2.56. The second kappa shape index (κ2) is 14.2. The van der Waals surface area contributed by atoms with Gasteiger partial charge in [-0.25, -0.2) is 4.90 Å². The molecular weight excluding hydrogens is 688 g/mol. The molecule has 0 aromatic heterocycles. The monoisotopic (exact) mass is 721 g/mol. The van der Waals surface area contributed by atoms with Crippen molar-refractivity contribution in [2.45, 2.75) is 51.6 Å². The van der Waals surface area contributed by atoms with Crippen molar-refractivity contribution < 1.29 is 51.3 Å². The average Bonchev–Trinajstić information content (AvgIpc) is 3.30. The number of amides is 2. The number of imide groups is 1. The minimum Gasteiger partial charge on any atom is -0.508 e. The Morgan fingerprint density at radius 2 is 1.56 bits per heavy atom. The number of nitrogens with zero attached hydrogens (tertiary/aromatic N) is 1. The van der Waals surface area contributed by atoms with Crippen molar-refractivity contribution in [2.75, 3.05) is 11.5 Å². The molecule has 13 heteroatoms. The summed E-state index contributed by atoms with van der Waals surface area (Å²) in [6.07, 6.45) is -9.56. The SMILES string of the molecule is CC(C)C1=C([C@H](O)CC/C(=C/c2ccc(O)cc2Cl)c2ccccc2)[C@H](CO)[C@@H]2C(=O)N(c3cc(C(F)(F)F)cc(C(F)(F)F)c3)C(=O)[C@@H]2C1. The van der Waals surface area contributed by atoms with Gasteiger partial charge in [0.15, 0.2) is 0 Å². The third kappa shape index (κ3) is 7.47. The van der Waals surface area contributed by atoms with Crippen molar-refractivity contribution >= 4 is 40.8 Å². The maximum Gasteiger partial charge on any atom is 0.416 e. The van der Waals surface area contributed by atoms with Crippen molar-refractivity contribution in [1.82, 2.24) is 0 Å². The Kier molecular flexibility index (Phi) is 10.6. The summed E-state index contributed by atoms with van der Waals surface area (Å²) in [7, 11) is 0. The Balaban J connectivity index is 1.50. The number of phenols is 1. The van der Waals surface area contributed by atoms with Crippen molar-refractivity contribution in [3.05, 3.63) is 105 Å². The van der Waals surface area contributed by atoms with Gasteiger partial charge in [0.1, 0.15) is 5.75 Å². The number of anilines is 1. The first-order valence-electron chi connectivity index (χ1n) is 15.9. The lowest BCUT2D eigenvalue weighted by Crippen LogP contribution is -2.40. The quantitative estimate of drug-likeness (QED) is 0.0891. The Bertz CT molecular complexity index is 1800. The van der Waals surface area contributed by atoms with Crippen LogP contribution in [0.1, 0.15) is 55.4 Å². The van der Waals surface area contributed by atoms with E-state index in [1.807, 2.05) is 36.4 Å². The number of aliphatic hydroxyl groups excluding tert-OH is 2. The number of halogens is 7. The molecule has 5 rings (SSSR count). The molecule has 0 unspecified atom stereocenters. The van der Waals surface area contributed by atoms with Crippen molar-refractivity contribution in [3.63, 3.8) is 0 Å². The van der Waals surface area contributed by atoms with Crippen molar-refractivity contribution in [1.29, 1.82) is 0 Å². The fraction of sp³-hybridized carbons (Fsp3) is 0.351. The Morgan fingerprint density at radius 1 is 0.940 bits per heavy atom. The van der Waals surface area contributed by atoms with E-state index in [9.17, 15) is 51.3 Å². The molecule has 2 amide bonds. The maximum absolute atomic E-state index is 13.9. The molecule has 3 aromatic rings. The van der Waals surface area contributed by atoms with Crippen LogP contribution in [0.3, 0.4) is 0 Å². The van der Waals surface area contributed by atoms with Crippen LogP contribution in [0, 0.1) is 23.7 Å². The van der Waals surface area contributed by atoms with Gasteiger partial charge < -0.3 is 15.3 Å². The minimum absolute atomic E-state index is 0.0185. The molecule has 1 fully saturated rings. The summed E-state index contributed by atoms with van der Waals surface area (Å²) in [6.45, 7) is 2.87. The number of allylic oxidation sites excluding steroid dienone is 2. The number of fused-ring (bicyclic) bond motifs is 1. The van der Waals surface area contributed by atoms with Gasteiger partial charge >= 0.3 is 12.4 Å². The van der Waals surface area contributed by atoms with Crippen LogP contribution >= 0.6 is 11.6 Å². The normalized spacial score (nSPS) is 20.9. The number of phenolic OH excluding ortho intramolecular Hbond substituents is 1. The van der Waals surface area contributed by atoms with Crippen LogP contribution in [0.4, 0.5) is 32.0 Å². The summed E-state index contributed by atoms with van der Waals surface area (Å²) in [6, 6.07) is 14.3. The number of carbonyl (C=O) groups is 2. The van der Waals surface area contributed by atoms with E-state index in [0.29, 0.717) is 38.8 Å². The van der Waals surface area contributed by atoms with E-state index < -0.39 is 71.4 Å². The molecule has 266 valence electrons. The van der Waals surface area contributed by atoms with E-state index >= 15 is 0 Å². The summed E-state index contributed by atoms with van der Waals surface area (Å²) < 4.78 is 82.0. The van der Waals surface area contributed by atoms with E-state index in [1.165, 1.54) is 12.1 Å². The van der Waals surface area contributed by atoms with E-state index in [1.54, 1.807) is 19.9 Å². The molecule has 3 aromatic carbocycles. The molecule has 0 saturated carbocycles. The van der Waals surface area contributed by atoms with Gasteiger partial charge in [0.2, 0.25) is 11.8 Å². The second-order valence-corrected chi connectivity index (χ2v) is 13.2. The first kappa shape index (κ1) is 37.1. The molecule has 0 radical (unpaired) electrons. The van der Waals surface area contributed by atoms with Crippen molar-refractivity contribution in [3.8, 4) is 5.75 Å². The lowest BCUT2D eigenvalue weighted by atomic mass is 9.66. The molecule has 1 heterocycles. The standard InChI is InChI=1S/C37H34ClF6NO5/c1-19(2)27-17-28-33(35(50)45(34(28)49)25-14-23(36(39,40)41)13-24(15-25)37(42,43)44)29(18-46)32(27)31(48)11-9-21(20-6-4-3-5-7-20)12-22-8-10-26(47)16-30(22)38/h3-8,10,12-16,19,28-29,31,33,46-48H,9,11,17-18H2,1-2H3/b21-12-/t28-,29+,31-,33-/m1/s1. The largest absolute Gasteiger partial charge is 0.508 e. The predicted molar refractivity (Wildman–Crippen MR) is 176 cm³/mol. The molecule has 4 atom stereocenters. The average molecular weight is 722 g/mol. The molecular formula is C37H34ClF6NO5. The molecule has 6 nitrogen and oxygen atoms in total. The molecule has 2 aliphatic rings. The van der Waals surface area contributed by atoms with Crippen LogP contribution in [0.15, 0.2) is 77.9 Å². The lowest BCUT2D eigenvalue weighted by molar-refractivity contribution is -0.143. The summed E-state index contributed by atoms with van der Waals surface area (Å²) in [4.78, 5) is 28.0. The number of aromatic hydroxyl groups is 1. The van der Waals surface area contributed by atoms with Gasteiger partial charge in [-0.3, -0.25) is 9.59 Å². The fourth-order valence-corrected chi connectivity index (χ4v) is 7.22. The zero-order chi connectivity index (χ0) is 36.7. The second-order valence-electron chi connectivity index (χ2n) is 12.8. The highest BCUT2D eigenvalue weighted by Crippen LogP contribution is 2.50. The zero-order valence-corrected chi connectivity index (χ0v) is 27.7. The number of carbonyl (C=O) groups excluding carboxylic acids is 2. The third-order valence-corrected chi connectivity index (χ3v) is 9.68. The summed E-state index contributed by atoms with van der Waals surface area (Å²) in [5.41, 5.74) is -1.14. The first-order chi connectivity index (χ1) is 23.4. The fourth-order valence-electron chi connectivity index (χ4n) is 6.99. The van der Waals surface area contributed by atoms with Crippen LogP contribution in [0.5, 0.6) is 5.75 Å². The van der Waals surface area contributed by atoms with Gasteiger partial charge in [0, 0.05) is 5.92 Å². The summed E-state index contributed by atoms with van der Waals surface area (Å²) >= 11 is 6.37. The molecule has 50 heavy (non-hydrogen) atoms. The highest BCUT2D eigenvalue weighted by atomic mass is 35.5. The topological polar surface area (TPSA) is 98.1 Å². The van der Waals surface area contributed by atoms with Crippen LogP contribution in [-0.2, 0) is 21.9 Å². The number of alkyl halides is 6. The molecule has 0 spiro atoms. The molecule has 3 N–H and O–H groups in total. The number of aliphatic hydroxyl groups is 2. The van der Waals surface area contributed by atoms with Gasteiger partial charge in [-0.2, -0.15) is 26.3 Å². The molecule has 1 saturated heterocycles. The number of rotatable bonds is 9. The lowest BCUT2D eigenvalue weighted by Gasteiger charge is -2.38. The highest BCUT2D eigenvalue weighted by molar-refractivity contribution is 6.32. The van der Waals surface area contributed by atoms with E-state index in [2.05, 4.69) is 0 Å². The Labute approximate surface area is 289 Å². The summed E-state index contributed by atoms with van der Waals surface area (Å²) in [5, 5.41) is 32.5. The third-order valence-electron chi connectivity index (χ3n) is 9.35. The predicted octanol–water partition coefficient (Wildman–Crippen LogP) is 8.54. The van der Waals surface area contributed by atoms with Crippen molar-refractivity contribution in [2.24, 2.45) is 23.7 Å². The van der Waals surface area contributed by atoms with Crippen LogP contribution in [0.25, 0.3) is 11.6 Å². The number of hydrogen-bond acceptors (Lipinski definition) is 5. The van der Waals surface area contributed by atoms with Crippen LogP contribution in [-0.4, -0.2) is 39.8 Å². The van der Waals surface area contributed by atoms with Gasteiger partial charge in [-0.05, 0) is 89.9 Å². The zero-order valence-electron chi connectivity index (χ0n) is 26.9. The van der Waals surface area contributed by atoms with Gasteiger partial charge in [-0.15, -0.1) is 0 Å². The number of benzene rings is 3. The van der Waals surface area contributed by atoms with Gasteiger partial charge in [-0.1, -0.05) is 61.4 Å². The van der Waals surface area contributed by atoms with E-state index in [-0.39, 0.29) is 37.0 Å². The van der Waals surface area contributed by atoms with E-state index in [4.69, 9.17) is 11.6 Å². The van der Waals surface area contributed by atoms with Gasteiger partial charge in [0.05, 0.1) is 46.4 Å². The molecule has 1 aliphatic carbocycles. The Morgan fingerprint density at radius 3 is 2.10 bits per heavy atom. The molecule has 0 bridgehead atoms.